The average molecular weight is 184 g/mol. The van der Waals surface area contributed by atoms with Crippen molar-refractivity contribution in [3.05, 3.63) is 0 Å². The molecule has 1 amide bonds. The van der Waals surface area contributed by atoms with Crippen LogP contribution >= 0.6 is 0 Å². The Morgan fingerprint density at radius 3 is 3.00 bits per heavy atom. The van der Waals surface area contributed by atoms with E-state index in [1.165, 1.54) is 6.42 Å². The van der Waals surface area contributed by atoms with Gasteiger partial charge in [0, 0.05) is 12.1 Å². The van der Waals surface area contributed by atoms with E-state index in [0.717, 1.165) is 12.8 Å². The Morgan fingerprint density at radius 2 is 2.46 bits per heavy atom. The zero-order valence-corrected chi connectivity index (χ0v) is 7.88. The van der Waals surface area contributed by atoms with Gasteiger partial charge in [-0.15, -0.1) is 0 Å². The highest BCUT2D eigenvalue weighted by molar-refractivity contribution is 5.79. The first-order valence-electron chi connectivity index (χ1n) is 4.99. The Labute approximate surface area is 78.0 Å². The number of fused-ring (bicyclic) bond motifs is 2. The third-order valence-corrected chi connectivity index (χ3v) is 2.95. The molecule has 2 bridgehead atoms. The number of carbonyl (C=O) groups excluding carboxylic acids is 1. The summed E-state index contributed by atoms with van der Waals surface area (Å²) in [6.07, 6.45) is 3.33. The van der Waals surface area contributed by atoms with E-state index in [1.807, 2.05) is 6.92 Å². The maximum Gasteiger partial charge on any atom is 0.248 e. The number of hydrogen-bond donors (Lipinski definition) is 2. The molecule has 0 saturated carbocycles. The molecule has 74 valence electrons. The molecule has 2 aliphatic heterocycles. The van der Waals surface area contributed by atoms with Gasteiger partial charge in [0.15, 0.2) is 0 Å². The second-order valence-corrected chi connectivity index (χ2v) is 3.79. The second-order valence-electron chi connectivity index (χ2n) is 3.79. The van der Waals surface area contributed by atoms with Crippen molar-refractivity contribution in [2.75, 3.05) is 6.61 Å². The van der Waals surface area contributed by atoms with Crippen LogP contribution in [0, 0.1) is 5.92 Å². The molecule has 2 rings (SSSR count). The van der Waals surface area contributed by atoms with Crippen LogP contribution in [0.25, 0.3) is 0 Å². The van der Waals surface area contributed by atoms with Crippen LogP contribution in [0.15, 0.2) is 0 Å². The first-order valence-corrected chi connectivity index (χ1v) is 4.99. The van der Waals surface area contributed by atoms with Crippen molar-refractivity contribution in [1.82, 2.24) is 10.8 Å². The Bertz CT molecular complexity index is 208. The van der Waals surface area contributed by atoms with E-state index in [4.69, 9.17) is 4.84 Å². The van der Waals surface area contributed by atoms with Gasteiger partial charge in [0.1, 0.15) is 0 Å². The van der Waals surface area contributed by atoms with Crippen molar-refractivity contribution < 1.29 is 9.63 Å². The standard InChI is InChI=1S/C9H16N2O2/c1-2-13-11-9(12)7-5-6-3-4-8(7)10-6/h6-8,10H,2-5H2,1H3,(H,11,12). The summed E-state index contributed by atoms with van der Waals surface area (Å²) >= 11 is 0. The minimum absolute atomic E-state index is 0.0431. The third-order valence-electron chi connectivity index (χ3n) is 2.95. The summed E-state index contributed by atoms with van der Waals surface area (Å²) in [5, 5.41) is 3.42. The lowest BCUT2D eigenvalue weighted by Gasteiger charge is -2.18. The molecular formula is C9H16N2O2. The lowest BCUT2D eigenvalue weighted by Crippen LogP contribution is -2.37. The zero-order valence-electron chi connectivity index (χ0n) is 7.88. The Hall–Kier alpha value is -0.610. The molecule has 2 N–H and O–H groups in total. The SMILES string of the molecule is CCONC(=O)C1CC2CCC1N2. The van der Waals surface area contributed by atoms with Gasteiger partial charge in [0.25, 0.3) is 0 Å². The molecule has 4 nitrogen and oxygen atoms in total. The Kier molecular flexibility index (Phi) is 2.51. The summed E-state index contributed by atoms with van der Waals surface area (Å²) in [4.78, 5) is 16.4. The van der Waals surface area contributed by atoms with Crippen molar-refractivity contribution in [1.29, 1.82) is 0 Å². The molecule has 2 saturated heterocycles. The van der Waals surface area contributed by atoms with Crippen molar-refractivity contribution in [3.63, 3.8) is 0 Å². The van der Waals surface area contributed by atoms with Crippen LogP contribution in [0.1, 0.15) is 26.2 Å². The summed E-state index contributed by atoms with van der Waals surface area (Å²) in [7, 11) is 0. The van der Waals surface area contributed by atoms with Gasteiger partial charge in [0.05, 0.1) is 12.5 Å². The fraction of sp³-hybridized carbons (Fsp3) is 0.889. The first kappa shape index (κ1) is 8.97. The lowest BCUT2D eigenvalue weighted by molar-refractivity contribution is -0.138. The number of carbonyl (C=O) groups is 1. The summed E-state index contributed by atoms with van der Waals surface area (Å²) in [6, 6.07) is 0.966. The van der Waals surface area contributed by atoms with E-state index in [2.05, 4.69) is 10.8 Å². The van der Waals surface area contributed by atoms with Gasteiger partial charge in [-0.25, -0.2) is 5.48 Å². The van der Waals surface area contributed by atoms with Gasteiger partial charge < -0.3 is 5.32 Å². The van der Waals surface area contributed by atoms with Crippen LogP contribution in [0.3, 0.4) is 0 Å². The molecule has 0 spiro atoms. The number of rotatable bonds is 3. The maximum atomic E-state index is 11.5. The number of nitrogens with one attached hydrogen (secondary N) is 2. The molecule has 3 unspecified atom stereocenters. The molecule has 0 radical (unpaired) electrons. The minimum atomic E-state index is 0.0431. The lowest BCUT2D eigenvalue weighted by atomic mass is 9.89. The Morgan fingerprint density at radius 1 is 1.62 bits per heavy atom. The summed E-state index contributed by atoms with van der Waals surface area (Å²) in [5.74, 6) is 0.173. The summed E-state index contributed by atoms with van der Waals surface area (Å²) < 4.78 is 0. The molecule has 4 heteroatoms. The topological polar surface area (TPSA) is 50.4 Å². The largest absolute Gasteiger partial charge is 0.310 e. The molecule has 2 fully saturated rings. The van der Waals surface area contributed by atoms with Gasteiger partial charge in [-0.3, -0.25) is 9.63 Å². The molecule has 2 aliphatic rings. The monoisotopic (exact) mass is 184 g/mol. The predicted molar refractivity (Wildman–Crippen MR) is 47.8 cm³/mol. The van der Waals surface area contributed by atoms with Crippen molar-refractivity contribution in [2.45, 2.75) is 38.3 Å². The van der Waals surface area contributed by atoms with E-state index in [1.54, 1.807) is 0 Å². The molecule has 0 aliphatic carbocycles. The fourth-order valence-electron chi connectivity index (χ4n) is 2.33. The van der Waals surface area contributed by atoms with Crippen LogP contribution in [0.4, 0.5) is 0 Å². The average Bonchev–Trinajstić information content (AvgIpc) is 2.74. The maximum absolute atomic E-state index is 11.5. The smallest absolute Gasteiger partial charge is 0.248 e. The summed E-state index contributed by atoms with van der Waals surface area (Å²) in [6.45, 7) is 2.39. The third kappa shape index (κ3) is 1.69. The molecule has 3 atom stereocenters. The zero-order chi connectivity index (χ0) is 9.26. The highest BCUT2D eigenvalue weighted by Gasteiger charge is 2.42. The van der Waals surface area contributed by atoms with E-state index in [0.29, 0.717) is 18.7 Å². The molecule has 0 aromatic heterocycles. The fourth-order valence-corrected chi connectivity index (χ4v) is 2.33. The Balaban J connectivity index is 1.84. The van der Waals surface area contributed by atoms with Gasteiger partial charge in [0.2, 0.25) is 5.91 Å². The van der Waals surface area contributed by atoms with E-state index in [9.17, 15) is 4.79 Å². The molecule has 13 heavy (non-hydrogen) atoms. The van der Waals surface area contributed by atoms with Gasteiger partial charge >= 0.3 is 0 Å². The van der Waals surface area contributed by atoms with Crippen LogP contribution in [-0.4, -0.2) is 24.6 Å². The van der Waals surface area contributed by atoms with Gasteiger partial charge in [-0.1, -0.05) is 0 Å². The van der Waals surface area contributed by atoms with Crippen LogP contribution in [0.2, 0.25) is 0 Å². The number of amides is 1. The van der Waals surface area contributed by atoms with Crippen LogP contribution in [-0.2, 0) is 9.63 Å². The molecule has 2 heterocycles. The van der Waals surface area contributed by atoms with E-state index >= 15 is 0 Å². The highest BCUT2D eigenvalue weighted by Crippen LogP contribution is 2.33. The molecule has 0 aromatic rings. The second kappa shape index (κ2) is 3.64. The minimum Gasteiger partial charge on any atom is -0.310 e. The van der Waals surface area contributed by atoms with Crippen molar-refractivity contribution in [2.24, 2.45) is 5.92 Å². The first-order chi connectivity index (χ1) is 6.31. The van der Waals surface area contributed by atoms with Crippen molar-refractivity contribution in [3.8, 4) is 0 Å². The highest BCUT2D eigenvalue weighted by atomic mass is 16.6. The molecular weight excluding hydrogens is 168 g/mol. The predicted octanol–water partition coefficient (Wildman–Crippen LogP) is 0.195. The molecule has 0 aromatic carbocycles. The van der Waals surface area contributed by atoms with Crippen molar-refractivity contribution >= 4 is 5.91 Å². The van der Waals surface area contributed by atoms with E-state index in [-0.39, 0.29) is 11.8 Å². The van der Waals surface area contributed by atoms with Crippen LogP contribution in [0.5, 0.6) is 0 Å². The number of hydrogen-bond acceptors (Lipinski definition) is 3. The van der Waals surface area contributed by atoms with Crippen LogP contribution < -0.4 is 10.8 Å². The van der Waals surface area contributed by atoms with E-state index < -0.39 is 0 Å². The normalized spacial score (nSPS) is 36.5. The quantitative estimate of drug-likeness (QED) is 0.616. The van der Waals surface area contributed by atoms with Gasteiger partial charge in [-0.2, -0.15) is 0 Å². The summed E-state index contributed by atoms with van der Waals surface area (Å²) in [5.41, 5.74) is 2.48. The van der Waals surface area contributed by atoms with Gasteiger partial charge in [-0.05, 0) is 26.2 Å². The number of hydroxylamine groups is 1.